The molecule has 0 saturated carbocycles. The van der Waals surface area contributed by atoms with Crippen molar-refractivity contribution >= 4 is 0 Å². The molecule has 1 fully saturated rings. The van der Waals surface area contributed by atoms with E-state index in [1.165, 1.54) is 0 Å². The molecule has 88 valence electrons. The summed E-state index contributed by atoms with van der Waals surface area (Å²) in [5, 5.41) is 12.4. The van der Waals surface area contributed by atoms with Gasteiger partial charge in [0.1, 0.15) is 5.82 Å². The van der Waals surface area contributed by atoms with Gasteiger partial charge in [-0.25, -0.2) is 8.78 Å². The fourth-order valence-corrected chi connectivity index (χ4v) is 1.81. The predicted octanol–water partition coefficient (Wildman–Crippen LogP) is 1.08. The lowest BCUT2D eigenvalue weighted by atomic mass is 10.1. The zero-order valence-corrected chi connectivity index (χ0v) is 8.84. The van der Waals surface area contributed by atoms with Gasteiger partial charge in [0.25, 0.3) is 0 Å². The molecule has 1 aromatic carbocycles. The molecular formula is C11H14F2N2O. The fourth-order valence-electron chi connectivity index (χ4n) is 1.81. The summed E-state index contributed by atoms with van der Waals surface area (Å²) in [6, 6.07) is 1.89. The maximum Gasteiger partial charge on any atom is 0.167 e. The van der Waals surface area contributed by atoms with E-state index in [0.717, 1.165) is 38.3 Å². The Morgan fingerprint density at radius 2 is 1.88 bits per heavy atom. The maximum absolute atomic E-state index is 13.4. The molecule has 0 bridgehead atoms. The van der Waals surface area contributed by atoms with Crippen LogP contribution in [0, 0.1) is 11.6 Å². The summed E-state index contributed by atoms with van der Waals surface area (Å²) in [7, 11) is 0. The number of nitrogens with zero attached hydrogens (tertiary/aromatic N) is 1. The Morgan fingerprint density at radius 1 is 1.19 bits per heavy atom. The number of phenols is 1. The summed E-state index contributed by atoms with van der Waals surface area (Å²) >= 11 is 0. The highest BCUT2D eigenvalue weighted by atomic mass is 19.1. The van der Waals surface area contributed by atoms with Gasteiger partial charge in [-0.2, -0.15) is 0 Å². The number of rotatable bonds is 2. The number of hydrogen-bond donors (Lipinski definition) is 2. The van der Waals surface area contributed by atoms with Gasteiger partial charge in [0.15, 0.2) is 11.6 Å². The van der Waals surface area contributed by atoms with Crippen LogP contribution in [0.1, 0.15) is 5.56 Å². The van der Waals surface area contributed by atoms with Gasteiger partial charge in [-0.3, -0.25) is 4.90 Å². The van der Waals surface area contributed by atoms with Gasteiger partial charge in [0.05, 0.1) is 0 Å². The zero-order valence-electron chi connectivity index (χ0n) is 8.84. The predicted molar refractivity (Wildman–Crippen MR) is 56.2 cm³/mol. The molecule has 5 heteroatoms. The molecule has 1 aromatic rings. The van der Waals surface area contributed by atoms with Crippen LogP contribution >= 0.6 is 0 Å². The largest absolute Gasteiger partial charge is 0.505 e. The van der Waals surface area contributed by atoms with Gasteiger partial charge >= 0.3 is 0 Å². The molecule has 0 aliphatic carbocycles. The number of benzene rings is 1. The number of hydrogen-bond acceptors (Lipinski definition) is 3. The van der Waals surface area contributed by atoms with Gasteiger partial charge in [-0.05, 0) is 6.07 Å². The van der Waals surface area contributed by atoms with Crippen molar-refractivity contribution in [1.82, 2.24) is 10.2 Å². The Balaban J connectivity index is 2.11. The fraction of sp³-hybridized carbons (Fsp3) is 0.455. The van der Waals surface area contributed by atoms with E-state index in [9.17, 15) is 13.9 Å². The van der Waals surface area contributed by atoms with Crippen LogP contribution in [0.15, 0.2) is 12.1 Å². The van der Waals surface area contributed by atoms with E-state index in [-0.39, 0.29) is 0 Å². The molecule has 1 heterocycles. The minimum absolute atomic E-state index is 0.334. The van der Waals surface area contributed by atoms with E-state index in [1.807, 2.05) is 0 Å². The third kappa shape index (κ3) is 2.48. The third-order valence-electron chi connectivity index (χ3n) is 2.72. The van der Waals surface area contributed by atoms with E-state index in [0.29, 0.717) is 12.1 Å². The summed E-state index contributed by atoms with van der Waals surface area (Å²) in [6.07, 6.45) is 0. The second-order valence-corrected chi connectivity index (χ2v) is 3.92. The maximum atomic E-state index is 13.4. The Hall–Kier alpha value is -1.20. The van der Waals surface area contributed by atoms with Crippen LogP contribution < -0.4 is 5.32 Å². The molecule has 0 radical (unpaired) electrons. The normalized spacial score (nSPS) is 17.6. The summed E-state index contributed by atoms with van der Waals surface area (Å²) < 4.78 is 26.2. The van der Waals surface area contributed by atoms with E-state index < -0.39 is 17.4 Å². The lowest BCUT2D eigenvalue weighted by Crippen LogP contribution is -2.43. The van der Waals surface area contributed by atoms with Crippen molar-refractivity contribution in [2.75, 3.05) is 26.2 Å². The Bertz CT molecular complexity index is 378. The minimum Gasteiger partial charge on any atom is -0.505 e. The van der Waals surface area contributed by atoms with Crippen molar-refractivity contribution in [3.8, 4) is 5.75 Å². The standard InChI is InChI=1S/C11H14F2N2O/c12-9-6-10(13)11(16)5-8(9)7-15-3-1-14-2-4-15/h5-6,14,16H,1-4,7H2. The number of phenolic OH excluding ortho intramolecular Hbond substituents is 1. The molecule has 16 heavy (non-hydrogen) atoms. The highest BCUT2D eigenvalue weighted by molar-refractivity contribution is 5.30. The van der Waals surface area contributed by atoms with Crippen molar-refractivity contribution in [2.45, 2.75) is 6.54 Å². The van der Waals surface area contributed by atoms with Crippen LogP contribution in [0.4, 0.5) is 8.78 Å². The first kappa shape index (κ1) is 11.3. The molecule has 0 unspecified atom stereocenters. The summed E-state index contributed by atoms with van der Waals surface area (Å²) in [5.74, 6) is -2.01. The lowest BCUT2D eigenvalue weighted by Gasteiger charge is -2.27. The average Bonchev–Trinajstić information content (AvgIpc) is 2.27. The molecule has 0 aromatic heterocycles. The van der Waals surface area contributed by atoms with Crippen molar-refractivity contribution in [3.63, 3.8) is 0 Å². The lowest BCUT2D eigenvalue weighted by molar-refractivity contribution is 0.230. The monoisotopic (exact) mass is 228 g/mol. The molecule has 0 amide bonds. The number of nitrogens with one attached hydrogen (secondary N) is 1. The van der Waals surface area contributed by atoms with Crippen LogP contribution in [0.5, 0.6) is 5.75 Å². The summed E-state index contributed by atoms with van der Waals surface area (Å²) in [4.78, 5) is 2.06. The van der Waals surface area contributed by atoms with Gasteiger partial charge < -0.3 is 10.4 Å². The highest BCUT2D eigenvalue weighted by Gasteiger charge is 2.14. The molecule has 1 saturated heterocycles. The van der Waals surface area contributed by atoms with Gasteiger partial charge in [0.2, 0.25) is 0 Å². The van der Waals surface area contributed by atoms with Gasteiger partial charge in [-0.15, -0.1) is 0 Å². The summed E-state index contributed by atoms with van der Waals surface area (Å²) in [6.45, 7) is 3.81. The molecule has 2 N–H and O–H groups in total. The van der Waals surface area contributed by atoms with Crippen molar-refractivity contribution in [2.24, 2.45) is 0 Å². The van der Waals surface area contributed by atoms with Crippen molar-refractivity contribution < 1.29 is 13.9 Å². The van der Waals surface area contributed by atoms with Crippen LogP contribution in [0.3, 0.4) is 0 Å². The number of aromatic hydroxyl groups is 1. The number of halogens is 2. The first-order chi connectivity index (χ1) is 7.66. The second-order valence-electron chi connectivity index (χ2n) is 3.92. The van der Waals surface area contributed by atoms with Crippen LogP contribution in [0.25, 0.3) is 0 Å². The van der Waals surface area contributed by atoms with Crippen LogP contribution in [0.2, 0.25) is 0 Å². The van der Waals surface area contributed by atoms with Crippen molar-refractivity contribution in [3.05, 3.63) is 29.3 Å². The van der Waals surface area contributed by atoms with Crippen molar-refractivity contribution in [1.29, 1.82) is 0 Å². The molecule has 1 aliphatic heterocycles. The first-order valence-electron chi connectivity index (χ1n) is 5.27. The summed E-state index contributed by atoms with van der Waals surface area (Å²) in [5.41, 5.74) is 0.334. The average molecular weight is 228 g/mol. The zero-order chi connectivity index (χ0) is 11.5. The van der Waals surface area contributed by atoms with Crippen LogP contribution in [-0.2, 0) is 6.54 Å². The highest BCUT2D eigenvalue weighted by Crippen LogP contribution is 2.21. The van der Waals surface area contributed by atoms with Gasteiger partial charge in [0, 0.05) is 44.4 Å². The smallest absolute Gasteiger partial charge is 0.167 e. The topological polar surface area (TPSA) is 35.5 Å². The Morgan fingerprint density at radius 3 is 2.56 bits per heavy atom. The molecule has 0 spiro atoms. The second kappa shape index (κ2) is 4.76. The molecule has 2 rings (SSSR count). The van der Waals surface area contributed by atoms with Gasteiger partial charge in [-0.1, -0.05) is 0 Å². The third-order valence-corrected chi connectivity index (χ3v) is 2.72. The SMILES string of the molecule is Oc1cc(CN2CCNCC2)c(F)cc1F. The van der Waals surface area contributed by atoms with E-state index >= 15 is 0 Å². The first-order valence-corrected chi connectivity index (χ1v) is 5.27. The van der Waals surface area contributed by atoms with E-state index in [2.05, 4.69) is 10.2 Å². The molecule has 3 nitrogen and oxygen atoms in total. The van der Waals surface area contributed by atoms with E-state index in [1.54, 1.807) is 0 Å². The molecule has 1 aliphatic rings. The number of piperazine rings is 1. The Kier molecular flexibility index (Phi) is 3.36. The van der Waals surface area contributed by atoms with E-state index in [4.69, 9.17) is 0 Å². The quantitative estimate of drug-likeness (QED) is 0.795. The minimum atomic E-state index is -0.915. The molecule has 0 atom stereocenters. The molecular weight excluding hydrogens is 214 g/mol. The Labute approximate surface area is 92.7 Å². The van der Waals surface area contributed by atoms with Crippen LogP contribution in [-0.4, -0.2) is 36.2 Å².